The fraction of sp³-hybridized carbons (Fsp3) is 0.467. The lowest BCUT2D eigenvalue weighted by Gasteiger charge is -2.41. The third-order valence-corrected chi connectivity index (χ3v) is 3.64. The molecule has 5 nitrogen and oxygen atoms in total. The maximum absolute atomic E-state index is 12.4. The van der Waals surface area contributed by atoms with Crippen LogP contribution in [0.2, 0.25) is 0 Å². The van der Waals surface area contributed by atoms with Gasteiger partial charge in [0.25, 0.3) is 0 Å². The summed E-state index contributed by atoms with van der Waals surface area (Å²) in [4.78, 5) is 25.9. The molecule has 1 aliphatic rings. The molecular weight excluding hydrogens is 256 g/mol. The van der Waals surface area contributed by atoms with Crippen molar-refractivity contribution in [2.45, 2.75) is 25.8 Å². The Bertz CT molecular complexity index is 526. The molecule has 1 heterocycles. The number of methoxy groups -OCH3 is 1. The SMILES string of the molecule is COc1cccc(CC(=O)N2CCNC(=O)C2(C)C)c1. The van der Waals surface area contributed by atoms with Crippen molar-refractivity contribution in [3.63, 3.8) is 0 Å². The van der Waals surface area contributed by atoms with Gasteiger partial charge in [0, 0.05) is 13.1 Å². The molecule has 1 aliphatic heterocycles. The summed E-state index contributed by atoms with van der Waals surface area (Å²) in [6.07, 6.45) is 0.272. The number of piperazine rings is 1. The lowest BCUT2D eigenvalue weighted by atomic mass is 9.97. The molecule has 0 atom stereocenters. The molecule has 1 fully saturated rings. The van der Waals surface area contributed by atoms with Gasteiger partial charge in [-0.05, 0) is 31.5 Å². The van der Waals surface area contributed by atoms with Crippen molar-refractivity contribution < 1.29 is 14.3 Å². The Balaban J connectivity index is 2.13. The molecule has 0 aromatic heterocycles. The lowest BCUT2D eigenvalue weighted by molar-refractivity contribution is -0.148. The van der Waals surface area contributed by atoms with Gasteiger partial charge in [-0.3, -0.25) is 9.59 Å². The number of nitrogens with one attached hydrogen (secondary N) is 1. The number of rotatable bonds is 3. The van der Waals surface area contributed by atoms with Crippen molar-refractivity contribution >= 4 is 11.8 Å². The first kappa shape index (κ1) is 14.4. The maximum atomic E-state index is 12.4. The minimum Gasteiger partial charge on any atom is -0.497 e. The van der Waals surface area contributed by atoms with Crippen LogP contribution in [0.25, 0.3) is 0 Å². The first-order chi connectivity index (χ1) is 9.45. The summed E-state index contributed by atoms with van der Waals surface area (Å²) < 4.78 is 5.15. The second kappa shape index (κ2) is 5.53. The Morgan fingerprint density at radius 2 is 2.20 bits per heavy atom. The number of nitrogens with zero attached hydrogens (tertiary/aromatic N) is 1. The van der Waals surface area contributed by atoms with E-state index in [-0.39, 0.29) is 18.2 Å². The van der Waals surface area contributed by atoms with Gasteiger partial charge in [-0.2, -0.15) is 0 Å². The first-order valence-electron chi connectivity index (χ1n) is 6.67. The third-order valence-electron chi connectivity index (χ3n) is 3.64. The van der Waals surface area contributed by atoms with Crippen LogP contribution in [0.15, 0.2) is 24.3 Å². The van der Waals surface area contributed by atoms with E-state index in [9.17, 15) is 9.59 Å². The van der Waals surface area contributed by atoms with Crippen molar-refractivity contribution in [3.05, 3.63) is 29.8 Å². The predicted molar refractivity (Wildman–Crippen MR) is 75.5 cm³/mol. The molecule has 0 aliphatic carbocycles. The number of carbonyl (C=O) groups is 2. The van der Waals surface area contributed by atoms with Crippen molar-refractivity contribution in [1.29, 1.82) is 0 Å². The number of benzene rings is 1. The summed E-state index contributed by atoms with van der Waals surface area (Å²) in [6.45, 7) is 4.59. The fourth-order valence-electron chi connectivity index (χ4n) is 2.39. The molecule has 5 heteroatoms. The molecule has 0 saturated carbocycles. The van der Waals surface area contributed by atoms with E-state index < -0.39 is 5.54 Å². The Morgan fingerprint density at radius 3 is 2.90 bits per heavy atom. The van der Waals surface area contributed by atoms with E-state index in [4.69, 9.17) is 4.74 Å². The molecule has 20 heavy (non-hydrogen) atoms. The van der Waals surface area contributed by atoms with Crippen LogP contribution >= 0.6 is 0 Å². The molecular formula is C15H20N2O3. The van der Waals surface area contributed by atoms with Crippen LogP contribution in [0.4, 0.5) is 0 Å². The predicted octanol–water partition coefficient (Wildman–Crippen LogP) is 0.975. The number of amides is 2. The molecule has 0 spiro atoms. The second-order valence-electron chi connectivity index (χ2n) is 5.39. The van der Waals surface area contributed by atoms with Gasteiger partial charge in [0.05, 0.1) is 13.5 Å². The average Bonchev–Trinajstić information content (AvgIpc) is 2.42. The van der Waals surface area contributed by atoms with Crippen LogP contribution in [0.3, 0.4) is 0 Å². The van der Waals surface area contributed by atoms with E-state index >= 15 is 0 Å². The number of hydrogen-bond acceptors (Lipinski definition) is 3. The smallest absolute Gasteiger partial charge is 0.245 e. The Labute approximate surface area is 118 Å². The van der Waals surface area contributed by atoms with Gasteiger partial charge in [0.15, 0.2) is 0 Å². The highest BCUT2D eigenvalue weighted by molar-refractivity contribution is 5.92. The van der Waals surface area contributed by atoms with Crippen LogP contribution in [0.5, 0.6) is 5.75 Å². The summed E-state index contributed by atoms with van der Waals surface area (Å²) in [5, 5.41) is 2.79. The van der Waals surface area contributed by atoms with E-state index in [2.05, 4.69) is 5.32 Å². The highest BCUT2D eigenvalue weighted by Crippen LogP contribution is 2.20. The highest BCUT2D eigenvalue weighted by Gasteiger charge is 2.40. The van der Waals surface area contributed by atoms with Crippen LogP contribution < -0.4 is 10.1 Å². The molecule has 0 bridgehead atoms. The third kappa shape index (κ3) is 2.76. The molecule has 2 rings (SSSR count). The number of carbonyl (C=O) groups excluding carboxylic acids is 2. The van der Waals surface area contributed by atoms with E-state index in [0.29, 0.717) is 13.1 Å². The summed E-state index contributed by atoms with van der Waals surface area (Å²) >= 11 is 0. The largest absolute Gasteiger partial charge is 0.497 e. The molecule has 0 unspecified atom stereocenters. The number of hydrogen-bond donors (Lipinski definition) is 1. The minimum atomic E-state index is -0.797. The molecule has 1 aromatic rings. The summed E-state index contributed by atoms with van der Waals surface area (Å²) in [5.41, 5.74) is 0.0879. The zero-order valence-corrected chi connectivity index (χ0v) is 12.1. The summed E-state index contributed by atoms with van der Waals surface area (Å²) in [5.74, 6) is 0.576. The second-order valence-corrected chi connectivity index (χ2v) is 5.39. The highest BCUT2D eigenvalue weighted by atomic mass is 16.5. The lowest BCUT2D eigenvalue weighted by Crippen LogP contribution is -2.63. The van der Waals surface area contributed by atoms with Crippen molar-refractivity contribution in [2.75, 3.05) is 20.2 Å². The van der Waals surface area contributed by atoms with E-state index in [1.165, 1.54) is 0 Å². The van der Waals surface area contributed by atoms with Gasteiger partial charge >= 0.3 is 0 Å². The maximum Gasteiger partial charge on any atom is 0.245 e. The molecule has 108 valence electrons. The standard InChI is InChI=1S/C15H20N2O3/c1-15(2)14(19)16-7-8-17(15)13(18)10-11-5-4-6-12(9-11)20-3/h4-6,9H,7-8,10H2,1-3H3,(H,16,19). The normalized spacial score (nSPS) is 17.6. The molecule has 1 aromatic carbocycles. The van der Waals surface area contributed by atoms with Crippen molar-refractivity contribution in [1.82, 2.24) is 10.2 Å². The van der Waals surface area contributed by atoms with Gasteiger partial charge in [-0.15, -0.1) is 0 Å². The van der Waals surface area contributed by atoms with E-state index in [1.54, 1.807) is 25.9 Å². The van der Waals surface area contributed by atoms with E-state index in [0.717, 1.165) is 11.3 Å². The van der Waals surface area contributed by atoms with Crippen molar-refractivity contribution in [2.24, 2.45) is 0 Å². The van der Waals surface area contributed by atoms with Gasteiger partial charge in [-0.25, -0.2) is 0 Å². The fourth-order valence-corrected chi connectivity index (χ4v) is 2.39. The van der Waals surface area contributed by atoms with Crippen LogP contribution in [0.1, 0.15) is 19.4 Å². The summed E-state index contributed by atoms with van der Waals surface area (Å²) in [6, 6.07) is 7.42. The van der Waals surface area contributed by atoms with Crippen LogP contribution in [0, 0.1) is 0 Å². The zero-order valence-electron chi connectivity index (χ0n) is 12.1. The molecule has 2 amide bonds. The van der Waals surface area contributed by atoms with Gasteiger partial charge in [0.1, 0.15) is 11.3 Å². The molecule has 1 saturated heterocycles. The summed E-state index contributed by atoms with van der Waals surface area (Å²) in [7, 11) is 1.60. The van der Waals surface area contributed by atoms with E-state index in [1.807, 2.05) is 24.3 Å². The zero-order chi connectivity index (χ0) is 14.8. The van der Waals surface area contributed by atoms with Crippen LogP contribution in [-0.2, 0) is 16.0 Å². The topological polar surface area (TPSA) is 58.6 Å². The first-order valence-corrected chi connectivity index (χ1v) is 6.67. The Hall–Kier alpha value is -2.04. The molecule has 1 N–H and O–H groups in total. The average molecular weight is 276 g/mol. The number of ether oxygens (including phenoxy) is 1. The molecule has 0 radical (unpaired) electrons. The van der Waals surface area contributed by atoms with Crippen LogP contribution in [-0.4, -0.2) is 42.5 Å². The van der Waals surface area contributed by atoms with Crippen molar-refractivity contribution in [3.8, 4) is 5.75 Å². The quantitative estimate of drug-likeness (QED) is 0.895. The Morgan fingerprint density at radius 1 is 1.45 bits per heavy atom. The van der Waals surface area contributed by atoms with Gasteiger partial charge < -0.3 is 15.0 Å². The van der Waals surface area contributed by atoms with Gasteiger partial charge in [-0.1, -0.05) is 12.1 Å². The monoisotopic (exact) mass is 276 g/mol. The minimum absolute atomic E-state index is 0.0434. The van der Waals surface area contributed by atoms with Gasteiger partial charge in [0.2, 0.25) is 11.8 Å². The Kier molecular flexibility index (Phi) is 3.97.